The molecule has 5 aromatic rings. The Bertz CT molecular complexity index is 1670. The van der Waals surface area contributed by atoms with Crippen LogP contribution in [0.5, 0.6) is 11.5 Å². The van der Waals surface area contributed by atoms with Crippen LogP contribution in [0.15, 0.2) is 106 Å². The van der Waals surface area contributed by atoms with Crippen molar-refractivity contribution in [3.8, 4) is 22.8 Å². The second-order valence-corrected chi connectivity index (χ2v) is 8.13. The molecule has 0 spiro atoms. The van der Waals surface area contributed by atoms with E-state index in [1.165, 1.54) is 12.1 Å². The lowest BCUT2D eigenvalue weighted by atomic mass is 10.1. The van der Waals surface area contributed by atoms with Crippen LogP contribution in [0.4, 0.5) is 11.4 Å². The van der Waals surface area contributed by atoms with E-state index in [9.17, 15) is 14.4 Å². The van der Waals surface area contributed by atoms with Crippen LogP contribution in [0.1, 0.15) is 20.7 Å². The Morgan fingerprint density at radius 1 is 0.649 bits per heavy atom. The number of carbonyl (C=O) groups is 2. The van der Waals surface area contributed by atoms with E-state index in [0.717, 1.165) is 0 Å². The maximum absolute atomic E-state index is 13.3. The van der Waals surface area contributed by atoms with Gasteiger partial charge in [-0.25, -0.2) is 9.59 Å². The topological polar surface area (TPSA) is 135 Å². The Kier molecular flexibility index (Phi) is 6.13. The van der Waals surface area contributed by atoms with Crippen LogP contribution in [-0.4, -0.2) is 11.9 Å². The lowest BCUT2D eigenvalue weighted by Crippen LogP contribution is -2.16. The summed E-state index contributed by atoms with van der Waals surface area (Å²) in [7, 11) is 0. The molecule has 1 heterocycles. The molecule has 5 rings (SSSR count). The van der Waals surface area contributed by atoms with Crippen LogP contribution in [0, 0.1) is 0 Å². The Hall–Kier alpha value is -5.37. The Morgan fingerprint density at radius 3 is 1.78 bits per heavy atom. The standard InChI is InChI=1S/C29H20N2O6/c30-20-11-5-18(6-12-20)28(33)35-22-15-9-17(10-16-22)26-27(25(32)23-3-1-2-4-24(23)36-26)37-29(34)19-7-13-21(31)14-8-19/h1-16H,30-31H2. The highest BCUT2D eigenvalue weighted by atomic mass is 16.5. The molecule has 0 aliphatic rings. The van der Waals surface area contributed by atoms with Crippen LogP contribution in [0.3, 0.4) is 0 Å². The van der Waals surface area contributed by atoms with Gasteiger partial charge in [0.2, 0.25) is 11.2 Å². The molecule has 8 nitrogen and oxygen atoms in total. The second-order valence-electron chi connectivity index (χ2n) is 8.13. The van der Waals surface area contributed by atoms with Crippen molar-refractivity contribution in [3.63, 3.8) is 0 Å². The number of nitrogen functional groups attached to an aromatic ring is 2. The maximum atomic E-state index is 13.3. The predicted molar refractivity (Wildman–Crippen MR) is 140 cm³/mol. The fraction of sp³-hybridized carbons (Fsp3) is 0. The molecule has 0 fully saturated rings. The summed E-state index contributed by atoms with van der Waals surface area (Å²) in [5, 5.41) is 0.264. The molecule has 182 valence electrons. The van der Waals surface area contributed by atoms with E-state index in [4.69, 9.17) is 25.4 Å². The van der Waals surface area contributed by atoms with Crippen LogP contribution in [-0.2, 0) is 0 Å². The third-order valence-corrected chi connectivity index (χ3v) is 5.57. The zero-order chi connectivity index (χ0) is 25.9. The highest BCUT2D eigenvalue weighted by Gasteiger charge is 2.21. The number of nitrogens with two attached hydrogens (primary N) is 2. The summed E-state index contributed by atoms with van der Waals surface area (Å²) in [6.07, 6.45) is 0. The van der Waals surface area contributed by atoms with Gasteiger partial charge in [0.15, 0.2) is 5.76 Å². The van der Waals surface area contributed by atoms with Crippen LogP contribution >= 0.6 is 0 Å². The quantitative estimate of drug-likeness (QED) is 0.197. The highest BCUT2D eigenvalue weighted by Crippen LogP contribution is 2.32. The van der Waals surface area contributed by atoms with E-state index >= 15 is 0 Å². The fourth-order valence-electron chi connectivity index (χ4n) is 3.64. The molecule has 0 saturated carbocycles. The monoisotopic (exact) mass is 492 g/mol. The lowest BCUT2D eigenvalue weighted by Gasteiger charge is -2.11. The predicted octanol–water partition coefficient (Wildman–Crippen LogP) is 5.06. The average Bonchev–Trinajstić information content (AvgIpc) is 2.91. The van der Waals surface area contributed by atoms with Gasteiger partial charge in [0.1, 0.15) is 11.3 Å². The SMILES string of the molecule is Nc1ccc(C(=O)Oc2ccc(-c3oc4ccccc4c(=O)c3OC(=O)c3ccc(N)cc3)cc2)cc1. The molecular formula is C29H20N2O6. The van der Waals surface area contributed by atoms with Crippen molar-refractivity contribution in [2.24, 2.45) is 0 Å². The van der Waals surface area contributed by atoms with Gasteiger partial charge in [-0.3, -0.25) is 4.79 Å². The number of anilines is 2. The van der Waals surface area contributed by atoms with Gasteiger partial charge in [0.05, 0.1) is 16.5 Å². The first-order chi connectivity index (χ1) is 17.9. The number of para-hydroxylation sites is 1. The van der Waals surface area contributed by atoms with Gasteiger partial charge >= 0.3 is 11.9 Å². The smallest absolute Gasteiger partial charge is 0.343 e. The molecule has 0 aliphatic carbocycles. The summed E-state index contributed by atoms with van der Waals surface area (Å²) in [6.45, 7) is 0. The highest BCUT2D eigenvalue weighted by molar-refractivity contribution is 5.93. The van der Waals surface area contributed by atoms with E-state index < -0.39 is 17.4 Å². The Morgan fingerprint density at radius 2 is 1.19 bits per heavy atom. The summed E-state index contributed by atoms with van der Waals surface area (Å²) in [6, 6.07) is 25.4. The van der Waals surface area contributed by atoms with Gasteiger partial charge in [-0.05, 0) is 84.9 Å². The molecule has 8 heteroatoms. The lowest BCUT2D eigenvalue weighted by molar-refractivity contribution is 0.0723. The van der Waals surface area contributed by atoms with E-state index in [-0.39, 0.29) is 28.2 Å². The number of fused-ring (bicyclic) bond motifs is 1. The van der Waals surface area contributed by atoms with E-state index in [0.29, 0.717) is 28.1 Å². The minimum atomic E-state index is -0.738. The van der Waals surface area contributed by atoms with Gasteiger partial charge in [-0.1, -0.05) is 12.1 Å². The number of hydrogen-bond acceptors (Lipinski definition) is 8. The van der Waals surface area contributed by atoms with Crippen molar-refractivity contribution in [3.05, 3.63) is 118 Å². The first-order valence-electron chi connectivity index (χ1n) is 11.2. The van der Waals surface area contributed by atoms with E-state index in [2.05, 4.69) is 0 Å². The van der Waals surface area contributed by atoms with Gasteiger partial charge < -0.3 is 25.4 Å². The number of esters is 2. The molecular weight excluding hydrogens is 472 g/mol. The molecule has 37 heavy (non-hydrogen) atoms. The maximum Gasteiger partial charge on any atom is 0.343 e. The number of benzene rings is 4. The molecule has 0 aliphatic heterocycles. The fourth-order valence-corrected chi connectivity index (χ4v) is 3.64. The zero-order valence-corrected chi connectivity index (χ0v) is 19.3. The van der Waals surface area contributed by atoms with Crippen LogP contribution in [0.25, 0.3) is 22.3 Å². The van der Waals surface area contributed by atoms with Gasteiger partial charge in [0, 0.05) is 16.9 Å². The molecule has 0 unspecified atom stereocenters. The summed E-state index contributed by atoms with van der Waals surface area (Å²) in [4.78, 5) is 38.5. The normalized spacial score (nSPS) is 10.7. The van der Waals surface area contributed by atoms with Gasteiger partial charge in [-0.2, -0.15) is 0 Å². The second kappa shape index (κ2) is 9.71. The van der Waals surface area contributed by atoms with Crippen LogP contribution in [0.2, 0.25) is 0 Å². The number of hydrogen-bond donors (Lipinski definition) is 2. The van der Waals surface area contributed by atoms with Gasteiger partial charge in [0.25, 0.3) is 0 Å². The number of rotatable bonds is 5. The molecule has 4 N–H and O–H groups in total. The van der Waals surface area contributed by atoms with Crippen molar-refractivity contribution < 1.29 is 23.5 Å². The molecule has 0 radical (unpaired) electrons. The summed E-state index contributed by atoms with van der Waals surface area (Å²) in [5.74, 6) is -1.22. The molecule has 1 aromatic heterocycles. The first-order valence-corrected chi connectivity index (χ1v) is 11.2. The molecule has 4 aromatic carbocycles. The molecule has 0 amide bonds. The van der Waals surface area contributed by atoms with Gasteiger partial charge in [-0.15, -0.1) is 0 Å². The average molecular weight is 492 g/mol. The number of carbonyl (C=O) groups excluding carboxylic acids is 2. The van der Waals surface area contributed by atoms with Crippen molar-refractivity contribution >= 4 is 34.3 Å². The van der Waals surface area contributed by atoms with Crippen LogP contribution < -0.4 is 26.4 Å². The minimum Gasteiger partial charge on any atom is -0.452 e. The molecule has 0 saturated heterocycles. The first kappa shape index (κ1) is 23.4. The summed E-state index contributed by atoms with van der Waals surface area (Å²) >= 11 is 0. The number of ether oxygens (including phenoxy) is 2. The zero-order valence-electron chi connectivity index (χ0n) is 19.3. The van der Waals surface area contributed by atoms with Crippen molar-refractivity contribution in [2.75, 3.05) is 11.5 Å². The Balaban J connectivity index is 1.49. The Labute approximate surface area is 210 Å². The van der Waals surface area contributed by atoms with E-state index in [1.807, 2.05) is 0 Å². The van der Waals surface area contributed by atoms with Crippen molar-refractivity contribution in [1.29, 1.82) is 0 Å². The van der Waals surface area contributed by atoms with Crippen molar-refractivity contribution in [2.45, 2.75) is 0 Å². The summed E-state index contributed by atoms with van der Waals surface area (Å²) < 4.78 is 17.0. The van der Waals surface area contributed by atoms with Crippen molar-refractivity contribution in [1.82, 2.24) is 0 Å². The minimum absolute atomic E-state index is 0.0592. The van der Waals surface area contributed by atoms with E-state index in [1.54, 1.807) is 84.9 Å². The molecule has 0 bridgehead atoms. The third kappa shape index (κ3) is 4.89. The third-order valence-electron chi connectivity index (χ3n) is 5.57. The molecule has 0 atom stereocenters. The largest absolute Gasteiger partial charge is 0.452 e. The summed E-state index contributed by atoms with van der Waals surface area (Å²) in [5.41, 5.74) is 13.2.